The molecule has 2 aromatic carbocycles. The minimum Gasteiger partial charge on any atom is -0.464 e. The van der Waals surface area contributed by atoms with E-state index in [1.54, 1.807) is 30.3 Å². The summed E-state index contributed by atoms with van der Waals surface area (Å²) in [5, 5.41) is 5.24. The van der Waals surface area contributed by atoms with E-state index >= 15 is 0 Å². The van der Waals surface area contributed by atoms with Crippen LogP contribution < -0.4 is 10.6 Å². The number of amides is 4. The Kier molecular flexibility index (Phi) is 21.1. The molecule has 3 aliphatic rings. The molecule has 5 rings (SSSR count). The van der Waals surface area contributed by atoms with Gasteiger partial charge in [0.25, 0.3) is 17.7 Å². The number of carbonyl (C=O) groups excluding carboxylic acids is 10. The highest BCUT2D eigenvalue weighted by atomic mass is 28.3. The lowest BCUT2D eigenvalue weighted by Gasteiger charge is -2.51. The van der Waals surface area contributed by atoms with Crippen LogP contribution in [0.15, 0.2) is 54.6 Å². The third kappa shape index (κ3) is 16.7. The van der Waals surface area contributed by atoms with Gasteiger partial charge < -0.3 is 62.7 Å². The summed E-state index contributed by atoms with van der Waals surface area (Å²) >= 11 is 0. The highest BCUT2D eigenvalue weighted by Crippen LogP contribution is 2.39. The van der Waals surface area contributed by atoms with E-state index in [9.17, 15) is 47.9 Å². The summed E-state index contributed by atoms with van der Waals surface area (Å²) in [7, 11) is -1.61. The maximum Gasteiger partial charge on any atom is 0.328 e. The van der Waals surface area contributed by atoms with Crippen molar-refractivity contribution in [2.75, 3.05) is 26.4 Å². The zero-order chi connectivity index (χ0) is 55.3. The van der Waals surface area contributed by atoms with Crippen LogP contribution in [-0.4, -0.2) is 172 Å². The van der Waals surface area contributed by atoms with Crippen molar-refractivity contribution in [3.63, 3.8) is 0 Å². The van der Waals surface area contributed by atoms with Gasteiger partial charge in [-0.3, -0.25) is 48.1 Å². The van der Waals surface area contributed by atoms with E-state index in [2.05, 4.69) is 30.3 Å². The van der Waals surface area contributed by atoms with Crippen LogP contribution in [0.2, 0.25) is 25.7 Å². The molecule has 75 heavy (non-hydrogen) atoms. The van der Waals surface area contributed by atoms with Crippen LogP contribution in [0.1, 0.15) is 74.7 Å². The first-order valence-electron chi connectivity index (χ1n) is 24.1. The number of nitrogens with zero attached hydrogens (tertiary/aromatic N) is 1. The number of esters is 6. The number of rotatable bonds is 23. The first-order valence-corrected chi connectivity index (χ1v) is 27.8. The number of fused-ring (bicyclic) bond motifs is 1. The molecule has 2 N–H and O–H groups in total. The van der Waals surface area contributed by atoms with E-state index in [-0.39, 0.29) is 24.3 Å². The second kappa shape index (κ2) is 26.7. The summed E-state index contributed by atoms with van der Waals surface area (Å²) < 4.78 is 65.3. The van der Waals surface area contributed by atoms with Crippen molar-refractivity contribution in [3.05, 3.63) is 71.3 Å². The number of imide groups is 1. The third-order valence-corrected chi connectivity index (χ3v) is 13.4. The van der Waals surface area contributed by atoms with E-state index in [4.69, 9.17) is 52.1 Å². The Hall–Kier alpha value is -6.64. The van der Waals surface area contributed by atoms with Crippen molar-refractivity contribution in [3.8, 4) is 0 Å². The Labute approximate surface area is 433 Å². The maximum absolute atomic E-state index is 14.5. The Morgan fingerprint density at radius 3 is 1.73 bits per heavy atom. The first kappa shape index (κ1) is 59.2. The lowest BCUT2D eigenvalue weighted by Crippen LogP contribution is -2.71. The first-order chi connectivity index (χ1) is 35.3. The molecule has 0 aliphatic carbocycles. The molecular formula is C50H65N3O21Si. The number of hydrogen-bond donors (Lipinski definition) is 2. The van der Waals surface area contributed by atoms with Crippen LogP contribution in [0.4, 0.5) is 0 Å². The smallest absolute Gasteiger partial charge is 0.328 e. The van der Waals surface area contributed by atoms with Gasteiger partial charge in [0.15, 0.2) is 31.4 Å². The fourth-order valence-corrected chi connectivity index (χ4v) is 8.89. The van der Waals surface area contributed by atoms with Gasteiger partial charge in [0.05, 0.1) is 24.3 Å². The van der Waals surface area contributed by atoms with Gasteiger partial charge in [-0.05, 0) is 37.6 Å². The zero-order valence-corrected chi connectivity index (χ0v) is 44.4. The molecule has 24 nitrogen and oxygen atoms in total. The average Bonchev–Trinajstić information content (AvgIpc) is 3.58. The van der Waals surface area contributed by atoms with Crippen LogP contribution in [0.3, 0.4) is 0 Å². The number of benzene rings is 2. The minimum atomic E-state index is -2.04. The van der Waals surface area contributed by atoms with E-state index in [0.717, 1.165) is 34.6 Å². The maximum atomic E-state index is 14.5. The van der Waals surface area contributed by atoms with E-state index in [1.165, 1.54) is 38.1 Å². The van der Waals surface area contributed by atoms with E-state index in [0.29, 0.717) is 16.5 Å². The average molecular weight is 1070 g/mol. The molecule has 0 bridgehead atoms. The topological polar surface area (TPSA) is 300 Å². The molecule has 2 aromatic rings. The van der Waals surface area contributed by atoms with Gasteiger partial charge in [-0.15, -0.1) is 0 Å². The summed E-state index contributed by atoms with van der Waals surface area (Å²) in [5.74, 6) is -8.81. The second-order valence-corrected chi connectivity index (χ2v) is 24.7. The lowest BCUT2D eigenvalue weighted by atomic mass is 9.93. The van der Waals surface area contributed by atoms with Crippen molar-refractivity contribution >= 4 is 67.5 Å². The Balaban J connectivity index is 1.69. The van der Waals surface area contributed by atoms with Crippen LogP contribution in [-0.2, 0) is 97.1 Å². The molecule has 12 atom stereocenters. The van der Waals surface area contributed by atoms with E-state index < -0.39 is 161 Å². The Morgan fingerprint density at radius 1 is 0.653 bits per heavy atom. The minimum absolute atomic E-state index is 0.0770. The van der Waals surface area contributed by atoms with Gasteiger partial charge in [0.2, 0.25) is 5.91 Å². The van der Waals surface area contributed by atoms with Gasteiger partial charge in [-0.2, -0.15) is 0 Å². The molecule has 410 valence electrons. The van der Waals surface area contributed by atoms with Crippen LogP contribution >= 0.6 is 0 Å². The summed E-state index contributed by atoms with van der Waals surface area (Å²) in [4.78, 5) is 133. The van der Waals surface area contributed by atoms with Crippen molar-refractivity contribution in [2.24, 2.45) is 0 Å². The molecule has 0 radical (unpaired) electrons. The standard InChI is InChI=1S/C50H65N3O21Si/c1-26(48(63)64-20-21-75(8,9)10)51-45(60)27(2)69-43-39(52-38(59)25-67-30(5)56)49(68-22-33-16-12-11-13-17-33)72-36(23-65-28(3)54)41(43)74-50-40(53-46(61)34-18-14-15-19-35(34)47(53)62)44(71-32(7)58)42(70-31(6)57)37(73-50)24-66-29(4)55/h11-19,26-27,36-37,39-44,49-50H,20-25H2,1-10H3,(H,51,60)(H,52,59)/t26-,27+,36+,37+,39+,40+,41+,42+,43+,44+,49-,50-/m0/s1. The monoisotopic (exact) mass is 1070 g/mol. The van der Waals surface area contributed by atoms with Crippen LogP contribution in [0.5, 0.6) is 0 Å². The quantitative estimate of drug-likeness (QED) is 0.0695. The van der Waals surface area contributed by atoms with Crippen LogP contribution in [0, 0.1) is 0 Å². The lowest BCUT2D eigenvalue weighted by molar-refractivity contribution is -0.343. The number of ether oxygens (including phenoxy) is 11. The normalized spacial score (nSPS) is 25.1. The predicted octanol–water partition coefficient (Wildman–Crippen LogP) is 1.90. The largest absolute Gasteiger partial charge is 0.464 e. The van der Waals surface area contributed by atoms with Gasteiger partial charge in [0, 0.05) is 42.7 Å². The van der Waals surface area contributed by atoms with Crippen molar-refractivity contribution in [1.82, 2.24) is 15.5 Å². The fraction of sp³-hybridized carbons (Fsp3) is 0.560. The van der Waals surface area contributed by atoms with Crippen molar-refractivity contribution < 1.29 is 100 Å². The number of nitrogens with one attached hydrogen (secondary N) is 2. The van der Waals surface area contributed by atoms with Gasteiger partial charge in [-0.25, -0.2) is 4.79 Å². The molecule has 0 saturated carbocycles. The Bertz CT molecular complexity index is 2380. The molecular weight excluding hydrogens is 1010 g/mol. The number of hydrogen-bond acceptors (Lipinski definition) is 21. The Morgan fingerprint density at radius 2 is 1.19 bits per heavy atom. The van der Waals surface area contributed by atoms with Crippen molar-refractivity contribution in [2.45, 2.75) is 154 Å². The molecule has 3 aliphatic heterocycles. The highest BCUT2D eigenvalue weighted by Gasteiger charge is 2.60. The summed E-state index contributed by atoms with van der Waals surface area (Å²) in [6.45, 7) is 12.0. The summed E-state index contributed by atoms with van der Waals surface area (Å²) in [5.41, 5.74) is 0.465. The fourth-order valence-electron chi connectivity index (χ4n) is 8.18. The zero-order valence-electron chi connectivity index (χ0n) is 43.4. The van der Waals surface area contributed by atoms with Crippen LogP contribution in [0.25, 0.3) is 0 Å². The highest BCUT2D eigenvalue weighted by molar-refractivity contribution is 6.76. The third-order valence-electron chi connectivity index (χ3n) is 11.7. The summed E-state index contributed by atoms with van der Waals surface area (Å²) in [6.07, 6.45) is -15.4. The SMILES string of the molecule is CC(=O)OCC(=O)N[C@H]1[C@@H](OCc2ccccc2)O[C@H](COC(C)=O)[C@@H](O[C@@H]2O[C@H](COC(C)=O)[C@@H](OC(C)=O)[C@H](OC(C)=O)[C@H]2N2C(=O)c3ccccc3C2=O)[C@@H]1O[C@H](C)C(=O)N[C@@H](C)C(=O)OCC[Si](C)(C)C. The van der Waals surface area contributed by atoms with Gasteiger partial charge in [-0.1, -0.05) is 62.1 Å². The molecule has 25 heteroatoms. The number of carbonyl (C=O) groups is 10. The molecule has 2 fully saturated rings. The van der Waals surface area contributed by atoms with E-state index in [1.807, 2.05) is 0 Å². The van der Waals surface area contributed by atoms with Crippen molar-refractivity contribution in [1.29, 1.82) is 0 Å². The molecule has 4 amide bonds. The molecule has 2 saturated heterocycles. The van der Waals surface area contributed by atoms with Gasteiger partial charge in [0.1, 0.15) is 61.9 Å². The molecule has 0 unspecified atom stereocenters. The van der Waals surface area contributed by atoms with Gasteiger partial charge >= 0.3 is 35.8 Å². The summed E-state index contributed by atoms with van der Waals surface area (Å²) in [6, 6.07) is 10.4. The molecule has 0 spiro atoms. The second-order valence-electron chi connectivity index (χ2n) is 19.1. The molecule has 0 aromatic heterocycles. The molecule has 3 heterocycles. The predicted molar refractivity (Wildman–Crippen MR) is 258 cm³/mol.